The molecule has 2 aliphatic heterocycles. The minimum Gasteiger partial charge on any atom is -0.374 e. The van der Waals surface area contributed by atoms with E-state index in [0.29, 0.717) is 19.8 Å². The number of nitrogens with zero attached hydrogens (tertiary/aromatic N) is 3. The lowest BCUT2D eigenvalue weighted by Gasteiger charge is -2.36. The van der Waals surface area contributed by atoms with Gasteiger partial charge in [-0.25, -0.2) is 4.98 Å². The van der Waals surface area contributed by atoms with Gasteiger partial charge in [0.15, 0.2) is 6.23 Å². The Labute approximate surface area is 177 Å². The number of hydrogen-bond acceptors (Lipinski definition) is 6. The topological polar surface area (TPSA) is 96.7 Å². The molecule has 0 aromatic carbocycles. The molecule has 29 heavy (non-hydrogen) atoms. The van der Waals surface area contributed by atoms with Crippen LogP contribution in [0.2, 0.25) is 0 Å². The Morgan fingerprint density at radius 3 is 2.93 bits per heavy atom. The first-order chi connectivity index (χ1) is 14.1. The van der Waals surface area contributed by atoms with Gasteiger partial charge in [-0.3, -0.25) is 9.69 Å². The van der Waals surface area contributed by atoms with Crippen molar-refractivity contribution in [2.45, 2.75) is 38.0 Å². The fourth-order valence-corrected chi connectivity index (χ4v) is 4.87. The third-order valence-electron chi connectivity index (χ3n) is 5.89. The number of rotatable bonds is 4. The van der Waals surface area contributed by atoms with Crippen molar-refractivity contribution in [1.29, 1.82) is 0 Å². The first kappa shape index (κ1) is 19.3. The summed E-state index contributed by atoms with van der Waals surface area (Å²) in [7, 11) is 0. The summed E-state index contributed by atoms with van der Waals surface area (Å²) in [6.07, 6.45) is 7.19. The number of fused-ring (bicyclic) bond motifs is 1. The number of aromatic amines is 1. The Morgan fingerprint density at radius 2 is 2.21 bits per heavy atom. The molecule has 1 saturated carbocycles. The number of nitrogens with two attached hydrogens (primary N) is 1. The summed E-state index contributed by atoms with van der Waals surface area (Å²) in [5.41, 5.74) is 8.85. The Kier molecular flexibility index (Phi) is 5.23. The van der Waals surface area contributed by atoms with Gasteiger partial charge in [0.2, 0.25) is 5.91 Å². The molecule has 2 atom stereocenters. The highest BCUT2D eigenvalue weighted by Gasteiger charge is 2.40. The lowest BCUT2D eigenvalue weighted by molar-refractivity contribution is -0.129. The average Bonchev–Trinajstić information content (AvgIpc) is 3.50. The van der Waals surface area contributed by atoms with Crippen LogP contribution in [0.3, 0.4) is 0 Å². The van der Waals surface area contributed by atoms with Gasteiger partial charge in [0.05, 0.1) is 41.1 Å². The first-order valence-corrected chi connectivity index (χ1v) is 11.1. The van der Waals surface area contributed by atoms with E-state index in [-0.39, 0.29) is 17.9 Å². The van der Waals surface area contributed by atoms with Crippen LogP contribution in [-0.4, -0.2) is 61.1 Å². The van der Waals surface area contributed by atoms with Crippen LogP contribution in [0.25, 0.3) is 11.0 Å². The normalized spacial score (nSPS) is 25.4. The highest BCUT2D eigenvalue weighted by atomic mass is 79.9. The number of carbonyl (C=O) groups is 1. The summed E-state index contributed by atoms with van der Waals surface area (Å²) < 4.78 is 12.5. The van der Waals surface area contributed by atoms with Crippen LogP contribution in [0.5, 0.6) is 0 Å². The highest BCUT2D eigenvalue weighted by Crippen LogP contribution is 2.43. The minimum absolute atomic E-state index is 0.0671. The summed E-state index contributed by atoms with van der Waals surface area (Å²) >= 11 is 3.70. The number of hydrogen-bond donors (Lipinski definition) is 2. The van der Waals surface area contributed by atoms with E-state index in [4.69, 9.17) is 15.2 Å². The van der Waals surface area contributed by atoms with Gasteiger partial charge in [0.1, 0.15) is 5.65 Å². The molecule has 3 fully saturated rings. The van der Waals surface area contributed by atoms with Crippen LogP contribution in [0, 0.1) is 5.92 Å². The number of piperidine rings is 1. The second kappa shape index (κ2) is 7.86. The predicted molar refractivity (Wildman–Crippen MR) is 114 cm³/mol. The van der Waals surface area contributed by atoms with Gasteiger partial charge in [-0.2, -0.15) is 0 Å². The second-order valence-electron chi connectivity index (χ2n) is 8.08. The molecule has 3 N–H and O–H groups in total. The van der Waals surface area contributed by atoms with E-state index in [1.54, 1.807) is 4.90 Å². The maximum atomic E-state index is 13.3. The molecule has 9 heteroatoms. The third-order valence-corrected chi connectivity index (χ3v) is 6.47. The van der Waals surface area contributed by atoms with Crippen LogP contribution in [0.1, 0.15) is 25.7 Å². The lowest BCUT2D eigenvalue weighted by Crippen LogP contribution is -2.48. The standard InChI is InChI=1S/C20H26BrN5O3/c21-14-8-23-19-17(18(14)25-5-1-2-13(22)10-25)15(9-24-19)26(20(27)12-3-4-12)16-11-28-6-7-29-16/h8-9,12-13,16H,1-7,10-11,22H2,(H,23,24)/t13?,16-/m1/s1. The monoisotopic (exact) mass is 463 g/mol. The number of pyridine rings is 1. The molecule has 3 aliphatic rings. The molecule has 2 saturated heterocycles. The second-order valence-corrected chi connectivity index (χ2v) is 8.94. The van der Waals surface area contributed by atoms with Gasteiger partial charge in [-0.15, -0.1) is 0 Å². The predicted octanol–water partition coefficient (Wildman–Crippen LogP) is 2.37. The zero-order valence-corrected chi connectivity index (χ0v) is 17.9. The van der Waals surface area contributed by atoms with Crippen molar-refractivity contribution in [3.05, 3.63) is 16.9 Å². The number of halogens is 1. The van der Waals surface area contributed by atoms with Crippen LogP contribution in [-0.2, 0) is 14.3 Å². The van der Waals surface area contributed by atoms with E-state index in [1.165, 1.54) is 0 Å². The molecule has 0 spiro atoms. The Balaban J connectivity index is 1.62. The van der Waals surface area contributed by atoms with Crippen LogP contribution >= 0.6 is 15.9 Å². The summed E-state index contributed by atoms with van der Waals surface area (Å²) in [6.45, 7) is 3.12. The molecule has 1 aliphatic carbocycles. The molecule has 2 aromatic heterocycles. The number of ether oxygens (including phenoxy) is 2. The smallest absolute Gasteiger partial charge is 0.232 e. The number of carbonyl (C=O) groups excluding carboxylic acids is 1. The molecule has 1 unspecified atom stereocenters. The SMILES string of the molecule is NC1CCCN(c2c(Br)cnc3[nH]cc(N(C(=O)C4CC4)[C@H]4COCCO4)c23)C1. The summed E-state index contributed by atoms with van der Waals surface area (Å²) in [4.78, 5) is 25.2. The number of H-pyrrole nitrogens is 1. The molecule has 8 nitrogen and oxygen atoms in total. The van der Waals surface area contributed by atoms with E-state index in [9.17, 15) is 4.79 Å². The van der Waals surface area contributed by atoms with Gasteiger partial charge in [0.25, 0.3) is 0 Å². The fourth-order valence-electron chi connectivity index (χ4n) is 4.32. The van der Waals surface area contributed by atoms with E-state index < -0.39 is 6.23 Å². The molecule has 2 aromatic rings. The Morgan fingerprint density at radius 1 is 1.34 bits per heavy atom. The van der Waals surface area contributed by atoms with Gasteiger partial charge < -0.3 is 25.1 Å². The largest absolute Gasteiger partial charge is 0.374 e. The highest BCUT2D eigenvalue weighted by molar-refractivity contribution is 9.10. The number of nitrogens with one attached hydrogen (secondary N) is 1. The Bertz CT molecular complexity index is 909. The van der Waals surface area contributed by atoms with Crippen molar-refractivity contribution >= 4 is 44.2 Å². The van der Waals surface area contributed by atoms with Crippen molar-refractivity contribution < 1.29 is 14.3 Å². The van der Waals surface area contributed by atoms with Gasteiger partial charge >= 0.3 is 0 Å². The van der Waals surface area contributed by atoms with Crippen molar-refractivity contribution in [3.63, 3.8) is 0 Å². The maximum Gasteiger partial charge on any atom is 0.232 e. The van der Waals surface area contributed by atoms with E-state index in [0.717, 1.165) is 65.7 Å². The zero-order valence-electron chi connectivity index (χ0n) is 16.3. The van der Waals surface area contributed by atoms with Crippen molar-refractivity contribution in [2.24, 2.45) is 11.7 Å². The molecular formula is C20H26BrN5O3. The number of aromatic nitrogens is 2. The average molecular weight is 464 g/mol. The number of anilines is 2. The molecule has 0 bridgehead atoms. The maximum absolute atomic E-state index is 13.3. The first-order valence-electron chi connectivity index (χ1n) is 10.3. The molecule has 4 heterocycles. The molecule has 156 valence electrons. The van der Waals surface area contributed by atoms with Crippen molar-refractivity contribution in [2.75, 3.05) is 42.7 Å². The van der Waals surface area contributed by atoms with Gasteiger partial charge in [-0.05, 0) is 41.6 Å². The fraction of sp³-hybridized carbons (Fsp3) is 0.600. The Hall–Kier alpha value is -1.68. The van der Waals surface area contributed by atoms with E-state index in [1.807, 2.05) is 12.4 Å². The van der Waals surface area contributed by atoms with Crippen molar-refractivity contribution in [3.8, 4) is 0 Å². The third kappa shape index (κ3) is 3.65. The van der Waals surface area contributed by atoms with Crippen LogP contribution < -0.4 is 15.5 Å². The van der Waals surface area contributed by atoms with Gasteiger partial charge in [0, 0.05) is 37.4 Å². The van der Waals surface area contributed by atoms with Crippen LogP contribution in [0.4, 0.5) is 11.4 Å². The quantitative estimate of drug-likeness (QED) is 0.722. The summed E-state index contributed by atoms with van der Waals surface area (Å²) in [5.74, 6) is 0.167. The van der Waals surface area contributed by atoms with Crippen LogP contribution in [0.15, 0.2) is 16.9 Å². The summed E-state index contributed by atoms with van der Waals surface area (Å²) in [5, 5.41) is 0.927. The minimum atomic E-state index is -0.425. The number of amides is 1. The van der Waals surface area contributed by atoms with E-state index >= 15 is 0 Å². The van der Waals surface area contributed by atoms with Crippen molar-refractivity contribution in [1.82, 2.24) is 9.97 Å². The molecule has 1 amide bonds. The summed E-state index contributed by atoms with van der Waals surface area (Å²) in [6, 6.07) is 0.139. The zero-order chi connectivity index (χ0) is 20.0. The van der Waals surface area contributed by atoms with E-state index in [2.05, 4.69) is 30.8 Å². The molecule has 5 rings (SSSR count). The molecule has 0 radical (unpaired) electrons. The molecular weight excluding hydrogens is 438 g/mol. The lowest BCUT2D eigenvalue weighted by atomic mass is 10.0. The van der Waals surface area contributed by atoms with Gasteiger partial charge in [-0.1, -0.05) is 0 Å².